The Labute approximate surface area is 89.7 Å². The maximum absolute atomic E-state index is 8.92. The van der Waals surface area contributed by atoms with Crippen LogP contribution in [0.25, 0.3) is 0 Å². The molecule has 0 bridgehead atoms. The number of para-hydroxylation sites is 1. The second kappa shape index (κ2) is 5.89. The van der Waals surface area contributed by atoms with Crippen LogP contribution in [0.1, 0.15) is 12.0 Å². The number of anilines is 1. The molecule has 1 aromatic rings. The van der Waals surface area contributed by atoms with Crippen LogP contribution < -0.4 is 15.8 Å². The molecule has 1 aromatic carbocycles. The van der Waals surface area contributed by atoms with E-state index in [9.17, 15) is 0 Å². The third kappa shape index (κ3) is 2.86. The Morgan fingerprint density at radius 1 is 1.53 bits per heavy atom. The van der Waals surface area contributed by atoms with E-state index < -0.39 is 0 Å². The Morgan fingerprint density at radius 3 is 2.93 bits per heavy atom. The SMILES string of the molecule is COc1cccc(C#N)c1NCCCN. The number of nitriles is 1. The van der Waals surface area contributed by atoms with Crippen LogP contribution in [-0.4, -0.2) is 20.2 Å². The van der Waals surface area contributed by atoms with Crippen LogP contribution in [-0.2, 0) is 0 Å². The van der Waals surface area contributed by atoms with Crippen molar-refractivity contribution in [2.24, 2.45) is 5.73 Å². The lowest BCUT2D eigenvalue weighted by Gasteiger charge is -2.11. The molecule has 0 saturated carbocycles. The van der Waals surface area contributed by atoms with E-state index in [0.29, 0.717) is 17.9 Å². The molecule has 0 saturated heterocycles. The number of methoxy groups -OCH3 is 1. The topological polar surface area (TPSA) is 71.1 Å². The van der Waals surface area contributed by atoms with E-state index in [-0.39, 0.29) is 0 Å². The van der Waals surface area contributed by atoms with Crippen molar-refractivity contribution in [2.45, 2.75) is 6.42 Å². The fraction of sp³-hybridized carbons (Fsp3) is 0.364. The average Bonchev–Trinajstić information content (AvgIpc) is 2.29. The molecule has 0 atom stereocenters. The van der Waals surface area contributed by atoms with Crippen molar-refractivity contribution in [2.75, 3.05) is 25.5 Å². The van der Waals surface area contributed by atoms with Gasteiger partial charge in [0.2, 0.25) is 0 Å². The molecule has 0 radical (unpaired) electrons. The summed E-state index contributed by atoms with van der Waals surface area (Å²) in [6.45, 7) is 1.37. The predicted molar refractivity (Wildman–Crippen MR) is 59.9 cm³/mol. The summed E-state index contributed by atoms with van der Waals surface area (Å²) in [4.78, 5) is 0. The van der Waals surface area contributed by atoms with E-state index in [0.717, 1.165) is 18.7 Å². The summed E-state index contributed by atoms with van der Waals surface area (Å²) in [5.74, 6) is 0.686. The first-order valence-corrected chi connectivity index (χ1v) is 4.84. The zero-order valence-electron chi connectivity index (χ0n) is 8.79. The van der Waals surface area contributed by atoms with Gasteiger partial charge in [-0.05, 0) is 25.1 Å². The second-order valence-electron chi connectivity index (χ2n) is 3.06. The molecule has 0 aliphatic carbocycles. The summed E-state index contributed by atoms with van der Waals surface area (Å²) in [6.07, 6.45) is 0.864. The number of nitrogens with zero attached hydrogens (tertiary/aromatic N) is 1. The average molecular weight is 205 g/mol. The Bertz CT molecular complexity index is 357. The van der Waals surface area contributed by atoms with Crippen molar-refractivity contribution in [3.05, 3.63) is 23.8 Å². The van der Waals surface area contributed by atoms with Crippen LogP contribution in [0, 0.1) is 11.3 Å². The van der Waals surface area contributed by atoms with E-state index >= 15 is 0 Å². The molecule has 4 heteroatoms. The summed E-state index contributed by atoms with van der Waals surface area (Å²) in [6, 6.07) is 7.50. The van der Waals surface area contributed by atoms with Gasteiger partial charge in [-0.25, -0.2) is 0 Å². The first-order chi connectivity index (χ1) is 7.33. The first kappa shape index (κ1) is 11.3. The minimum atomic E-state index is 0.589. The molecule has 0 aliphatic rings. The van der Waals surface area contributed by atoms with Crippen LogP contribution in [0.2, 0.25) is 0 Å². The van der Waals surface area contributed by atoms with E-state index in [1.165, 1.54) is 0 Å². The molecule has 0 fully saturated rings. The lowest BCUT2D eigenvalue weighted by molar-refractivity contribution is 0.416. The number of ether oxygens (including phenoxy) is 1. The Balaban J connectivity index is 2.86. The highest BCUT2D eigenvalue weighted by Gasteiger charge is 2.07. The van der Waals surface area contributed by atoms with Crippen molar-refractivity contribution < 1.29 is 4.74 Å². The smallest absolute Gasteiger partial charge is 0.143 e. The van der Waals surface area contributed by atoms with E-state index in [2.05, 4.69) is 11.4 Å². The molecule has 0 unspecified atom stereocenters. The fourth-order valence-corrected chi connectivity index (χ4v) is 1.29. The molecule has 80 valence electrons. The first-order valence-electron chi connectivity index (χ1n) is 4.84. The van der Waals surface area contributed by atoms with Crippen LogP contribution in [0.4, 0.5) is 5.69 Å². The summed E-state index contributed by atoms with van der Waals surface area (Å²) in [7, 11) is 1.59. The highest BCUT2D eigenvalue weighted by molar-refractivity contribution is 5.66. The third-order valence-electron chi connectivity index (χ3n) is 2.05. The number of rotatable bonds is 5. The van der Waals surface area contributed by atoms with Gasteiger partial charge in [-0.1, -0.05) is 6.07 Å². The van der Waals surface area contributed by atoms with Crippen LogP contribution >= 0.6 is 0 Å². The molecule has 0 heterocycles. The quantitative estimate of drug-likeness (QED) is 0.711. The van der Waals surface area contributed by atoms with Crippen molar-refractivity contribution in [3.63, 3.8) is 0 Å². The van der Waals surface area contributed by atoms with E-state index in [1.807, 2.05) is 6.07 Å². The molecule has 15 heavy (non-hydrogen) atoms. The minimum Gasteiger partial charge on any atom is -0.495 e. The molecule has 0 spiro atoms. The predicted octanol–water partition coefficient (Wildman–Crippen LogP) is 1.33. The fourth-order valence-electron chi connectivity index (χ4n) is 1.29. The zero-order chi connectivity index (χ0) is 11.1. The zero-order valence-corrected chi connectivity index (χ0v) is 8.79. The van der Waals surface area contributed by atoms with Gasteiger partial charge in [0.25, 0.3) is 0 Å². The number of hydrogen-bond acceptors (Lipinski definition) is 4. The molecule has 1 rings (SSSR count). The Kier molecular flexibility index (Phi) is 4.45. The number of nitrogens with one attached hydrogen (secondary N) is 1. The highest BCUT2D eigenvalue weighted by Crippen LogP contribution is 2.27. The van der Waals surface area contributed by atoms with Gasteiger partial charge < -0.3 is 15.8 Å². The molecule has 0 aromatic heterocycles. The summed E-state index contributed by atoms with van der Waals surface area (Å²) < 4.78 is 5.17. The van der Waals surface area contributed by atoms with Gasteiger partial charge in [-0.15, -0.1) is 0 Å². The molecule has 3 N–H and O–H groups in total. The van der Waals surface area contributed by atoms with Gasteiger partial charge in [0.1, 0.15) is 11.8 Å². The van der Waals surface area contributed by atoms with Crippen molar-refractivity contribution in [1.82, 2.24) is 0 Å². The number of hydrogen-bond donors (Lipinski definition) is 2. The maximum atomic E-state index is 8.92. The molecule has 4 nitrogen and oxygen atoms in total. The largest absolute Gasteiger partial charge is 0.495 e. The van der Waals surface area contributed by atoms with Gasteiger partial charge in [0, 0.05) is 6.54 Å². The molecule has 0 aliphatic heterocycles. The third-order valence-corrected chi connectivity index (χ3v) is 2.05. The summed E-state index contributed by atoms with van der Waals surface area (Å²) in [5.41, 5.74) is 6.73. The van der Waals surface area contributed by atoms with Gasteiger partial charge >= 0.3 is 0 Å². The normalized spacial score (nSPS) is 9.40. The van der Waals surface area contributed by atoms with Gasteiger partial charge in [0.15, 0.2) is 0 Å². The molecule has 0 amide bonds. The van der Waals surface area contributed by atoms with E-state index in [4.69, 9.17) is 15.7 Å². The molecular formula is C11H15N3O. The van der Waals surface area contributed by atoms with Crippen molar-refractivity contribution in [1.29, 1.82) is 5.26 Å². The van der Waals surface area contributed by atoms with E-state index in [1.54, 1.807) is 19.2 Å². The Morgan fingerprint density at radius 2 is 2.33 bits per heavy atom. The van der Waals surface area contributed by atoms with Crippen molar-refractivity contribution in [3.8, 4) is 11.8 Å². The highest BCUT2D eigenvalue weighted by atomic mass is 16.5. The molecular weight excluding hydrogens is 190 g/mol. The Hall–Kier alpha value is -1.73. The lowest BCUT2D eigenvalue weighted by Crippen LogP contribution is -2.10. The van der Waals surface area contributed by atoms with Crippen molar-refractivity contribution >= 4 is 5.69 Å². The van der Waals surface area contributed by atoms with Gasteiger partial charge in [-0.3, -0.25) is 0 Å². The number of benzene rings is 1. The summed E-state index contributed by atoms with van der Waals surface area (Å²) in [5, 5.41) is 12.1. The van der Waals surface area contributed by atoms with Crippen LogP contribution in [0.3, 0.4) is 0 Å². The van der Waals surface area contributed by atoms with Gasteiger partial charge in [0.05, 0.1) is 18.4 Å². The van der Waals surface area contributed by atoms with Gasteiger partial charge in [-0.2, -0.15) is 5.26 Å². The number of nitrogens with two attached hydrogens (primary N) is 1. The van der Waals surface area contributed by atoms with Crippen LogP contribution in [0.5, 0.6) is 5.75 Å². The summed E-state index contributed by atoms with van der Waals surface area (Å²) >= 11 is 0. The lowest BCUT2D eigenvalue weighted by atomic mass is 10.1. The standard InChI is InChI=1S/C11H15N3O/c1-15-10-5-2-4-9(8-13)11(10)14-7-3-6-12/h2,4-5,14H,3,6-7,12H2,1H3. The minimum absolute atomic E-state index is 0.589. The monoisotopic (exact) mass is 205 g/mol. The maximum Gasteiger partial charge on any atom is 0.143 e. The van der Waals surface area contributed by atoms with Crippen LogP contribution in [0.15, 0.2) is 18.2 Å². The second-order valence-corrected chi connectivity index (χ2v) is 3.06.